The number of nitrogens with two attached hydrogens (primary N) is 1. The Hall–Kier alpha value is -0.640. The molecule has 1 aliphatic heterocycles. The van der Waals surface area contributed by atoms with Crippen molar-refractivity contribution in [3.8, 4) is 0 Å². The van der Waals surface area contributed by atoms with Crippen molar-refractivity contribution < 1.29 is 9.13 Å². The second-order valence-corrected chi connectivity index (χ2v) is 5.15. The predicted molar refractivity (Wildman–Crippen MR) is 66.6 cm³/mol. The second kappa shape index (κ2) is 4.92. The van der Waals surface area contributed by atoms with Gasteiger partial charge in [0, 0.05) is 23.6 Å². The van der Waals surface area contributed by atoms with Crippen molar-refractivity contribution in [3.05, 3.63) is 34.6 Å². The molecule has 2 atom stereocenters. The summed E-state index contributed by atoms with van der Waals surface area (Å²) >= 11 is 6.05. The van der Waals surface area contributed by atoms with Gasteiger partial charge in [0.15, 0.2) is 0 Å². The quantitative estimate of drug-likeness (QED) is 0.904. The van der Waals surface area contributed by atoms with E-state index >= 15 is 0 Å². The van der Waals surface area contributed by atoms with Crippen LogP contribution < -0.4 is 5.73 Å². The summed E-state index contributed by atoms with van der Waals surface area (Å²) in [5.74, 6) is -0.309. The van der Waals surface area contributed by atoms with Crippen LogP contribution in [0.25, 0.3) is 0 Å². The molecule has 0 aliphatic carbocycles. The topological polar surface area (TPSA) is 35.2 Å². The van der Waals surface area contributed by atoms with Gasteiger partial charge in [0.1, 0.15) is 5.82 Å². The van der Waals surface area contributed by atoms with Crippen molar-refractivity contribution in [2.75, 3.05) is 13.2 Å². The van der Waals surface area contributed by atoms with Crippen LogP contribution in [0.3, 0.4) is 0 Å². The van der Waals surface area contributed by atoms with Gasteiger partial charge in [-0.05, 0) is 37.5 Å². The first-order valence-electron chi connectivity index (χ1n) is 5.83. The molecule has 1 aliphatic rings. The maximum atomic E-state index is 13.0. The lowest BCUT2D eigenvalue weighted by Crippen LogP contribution is -2.38. The summed E-state index contributed by atoms with van der Waals surface area (Å²) in [4.78, 5) is 0. The third kappa shape index (κ3) is 2.46. The van der Waals surface area contributed by atoms with Crippen LogP contribution in [0.5, 0.6) is 0 Å². The van der Waals surface area contributed by atoms with E-state index in [0.29, 0.717) is 11.6 Å². The van der Waals surface area contributed by atoms with Crippen LogP contribution >= 0.6 is 11.6 Å². The molecule has 0 saturated carbocycles. The lowest BCUT2D eigenvalue weighted by atomic mass is 9.76. The molecule has 2 nitrogen and oxygen atoms in total. The molecule has 94 valence electrons. The normalized spacial score (nSPS) is 28.6. The average Bonchev–Trinajstić information content (AvgIpc) is 2.65. The van der Waals surface area contributed by atoms with Crippen molar-refractivity contribution >= 4 is 11.6 Å². The highest BCUT2D eigenvalue weighted by molar-refractivity contribution is 6.31. The molecule has 2 unspecified atom stereocenters. The number of ether oxygens (including phenoxy) is 1. The number of halogens is 2. The van der Waals surface area contributed by atoms with E-state index in [0.717, 1.165) is 25.0 Å². The molecule has 4 heteroatoms. The first kappa shape index (κ1) is 12.8. The van der Waals surface area contributed by atoms with Gasteiger partial charge in [0.05, 0.1) is 6.10 Å². The molecule has 2 N–H and O–H groups in total. The molecule has 1 aromatic rings. The average molecular weight is 258 g/mol. The van der Waals surface area contributed by atoms with Crippen LogP contribution in [0.15, 0.2) is 18.2 Å². The Bertz CT molecular complexity index is 412. The zero-order valence-corrected chi connectivity index (χ0v) is 10.6. The molecular weight excluding hydrogens is 241 g/mol. The van der Waals surface area contributed by atoms with E-state index in [-0.39, 0.29) is 17.3 Å². The molecule has 0 amide bonds. The third-order valence-corrected chi connectivity index (χ3v) is 4.15. The molecular formula is C13H17ClFNO. The van der Waals surface area contributed by atoms with Crippen LogP contribution in [0.4, 0.5) is 4.39 Å². The summed E-state index contributed by atoms with van der Waals surface area (Å²) in [6, 6.07) is 4.52. The molecule has 0 radical (unpaired) electrons. The van der Waals surface area contributed by atoms with Crippen LogP contribution in [0.1, 0.15) is 18.9 Å². The van der Waals surface area contributed by atoms with Crippen LogP contribution in [-0.2, 0) is 11.2 Å². The molecule has 1 fully saturated rings. The molecule has 1 aromatic carbocycles. The van der Waals surface area contributed by atoms with E-state index in [9.17, 15) is 4.39 Å². The summed E-state index contributed by atoms with van der Waals surface area (Å²) in [7, 11) is 0. The Morgan fingerprint density at radius 3 is 2.88 bits per heavy atom. The van der Waals surface area contributed by atoms with Gasteiger partial charge in [-0.15, -0.1) is 0 Å². The number of benzene rings is 1. The Balaban J connectivity index is 2.24. The first-order valence-corrected chi connectivity index (χ1v) is 6.21. The van der Waals surface area contributed by atoms with Gasteiger partial charge in [-0.1, -0.05) is 17.7 Å². The van der Waals surface area contributed by atoms with Crippen molar-refractivity contribution in [1.29, 1.82) is 0 Å². The van der Waals surface area contributed by atoms with E-state index in [2.05, 4.69) is 0 Å². The smallest absolute Gasteiger partial charge is 0.124 e. The second-order valence-electron chi connectivity index (χ2n) is 4.74. The van der Waals surface area contributed by atoms with E-state index in [4.69, 9.17) is 22.1 Å². The molecule has 0 aromatic heterocycles. The summed E-state index contributed by atoms with van der Waals surface area (Å²) < 4.78 is 18.6. The molecule has 0 bridgehead atoms. The third-order valence-electron chi connectivity index (χ3n) is 3.79. The van der Waals surface area contributed by atoms with Crippen LogP contribution in [-0.4, -0.2) is 19.3 Å². The van der Waals surface area contributed by atoms with Gasteiger partial charge in [-0.2, -0.15) is 0 Å². The van der Waals surface area contributed by atoms with Crippen molar-refractivity contribution in [1.82, 2.24) is 0 Å². The molecule has 0 spiro atoms. The largest absolute Gasteiger partial charge is 0.378 e. The lowest BCUT2D eigenvalue weighted by molar-refractivity contribution is 0.0674. The first-order chi connectivity index (χ1) is 8.07. The maximum absolute atomic E-state index is 13.0. The zero-order valence-electron chi connectivity index (χ0n) is 9.88. The van der Waals surface area contributed by atoms with Crippen LogP contribution in [0, 0.1) is 11.2 Å². The van der Waals surface area contributed by atoms with E-state index in [1.807, 2.05) is 6.92 Å². The Morgan fingerprint density at radius 1 is 1.59 bits per heavy atom. The van der Waals surface area contributed by atoms with Crippen molar-refractivity contribution in [2.45, 2.75) is 25.9 Å². The van der Waals surface area contributed by atoms with E-state index in [1.54, 1.807) is 6.07 Å². The minimum absolute atomic E-state index is 0.0680. The standard InChI is InChI=1S/C13H17ClFNO/c1-9-13(8-16,4-5-17-9)7-10-2-3-11(15)6-12(10)14/h2-3,6,9H,4-5,7-8,16H2,1H3. The fraction of sp³-hybridized carbons (Fsp3) is 0.538. The fourth-order valence-corrected chi connectivity index (χ4v) is 2.67. The SMILES string of the molecule is CC1OCCC1(CN)Cc1ccc(F)cc1Cl. The van der Waals surface area contributed by atoms with Crippen molar-refractivity contribution in [3.63, 3.8) is 0 Å². The monoisotopic (exact) mass is 257 g/mol. The molecule has 1 heterocycles. The van der Waals surface area contributed by atoms with Gasteiger partial charge in [0.25, 0.3) is 0 Å². The van der Waals surface area contributed by atoms with E-state index < -0.39 is 0 Å². The highest BCUT2D eigenvalue weighted by atomic mass is 35.5. The number of rotatable bonds is 3. The predicted octanol–water partition coefficient (Wildman–Crippen LogP) is 2.78. The highest BCUT2D eigenvalue weighted by Gasteiger charge is 2.40. The Morgan fingerprint density at radius 2 is 2.35 bits per heavy atom. The van der Waals surface area contributed by atoms with Crippen molar-refractivity contribution in [2.24, 2.45) is 11.1 Å². The van der Waals surface area contributed by atoms with Gasteiger partial charge >= 0.3 is 0 Å². The van der Waals surface area contributed by atoms with E-state index in [1.165, 1.54) is 12.1 Å². The number of hydrogen-bond donors (Lipinski definition) is 1. The summed E-state index contributed by atoms with van der Waals surface area (Å²) in [5.41, 5.74) is 6.76. The van der Waals surface area contributed by atoms with Gasteiger partial charge in [-0.3, -0.25) is 0 Å². The Kier molecular flexibility index (Phi) is 3.71. The highest BCUT2D eigenvalue weighted by Crippen LogP contribution is 2.38. The zero-order chi connectivity index (χ0) is 12.5. The molecule has 2 rings (SSSR count). The van der Waals surface area contributed by atoms with Gasteiger partial charge in [0.2, 0.25) is 0 Å². The molecule has 1 saturated heterocycles. The lowest BCUT2D eigenvalue weighted by Gasteiger charge is -2.31. The maximum Gasteiger partial charge on any atom is 0.124 e. The Labute approximate surface area is 106 Å². The number of hydrogen-bond acceptors (Lipinski definition) is 2. The fourth-order valence-electron chi connectivity index (χ4n) is 2.44. The van der Waals surface area contributed by atoms with Gasteiger partial charge < -0.3 is 10.5 Å². The summed E-state index contributed by atoms with van der Waals surface area (Å²) in [6.45, 7) is 3.33. The minimum Gasteiger partial charge on any atom is -0.378 e. The summed E-state index contributed by atoms with van der Waals surface area (Å²) in [5, 5.41) is 0.469. The minimum atomic E-state index is -0.309. The van der Waals surface area contributed by atoms with Crippen LogP contribution in [0.2, 0.25) is 5.02 Å². The molecule has 17 heavy (non-hydrogen) atoms. The summed E-state index contributed by atoms with van der Waals surface area (Å²) in [6.07, 6.45) is 1.79. The van der Waals surface area contributed by atoms with Gasteiger partial charge in [-0.25, -0.2) is 4.39 Å².